The third kappa shape index (κ3) is 0.865. The summed E-state index contributed by atoms with van der Waals surface area (Å²) in [5, 5.41) is 27.2. The van der Waals surface area contributed by atoms with Gasteiger partial charge in [-0.15, -0.1) is 0 Å². The van der Waals surface area contributed by atoms with Crippen LogP contribution in [-0.2, 0) is 0 Å². The minimum absolute atomic E-state index is 0.0503. The molecule has 12 heavy (non-hydrogen) atoms. The standard InChI is InChI=1S/C5H10N5O2/c1-7-4-3(6)9(11)5(8-2)10(4)12/h7-8H,6H2,1-2H3/q-1. The van der Waals surface area contributed by atoms with Gasteiger partial charge in [-0.1, -0.05) is 0 Å². The van der Waals surface area contributed by atoms with Gasteiger partial charge in [0.05, 0.1) is 0 Å². The van der Waals surface area contributed by atoms with E-state index >= 15 is 0 Å². The molecule has 4 N–H and O–H groups in total. The minimum atomic E-state index is -0.142. The highest BCUT2D eigenvalue weighted by Gasteiger charge is 2.15. The normalized spacial score (nSPS) is 9.83. The fourth-order valence-electron chi connectivity index (χ4n) is 0.935. The van der Waals surface area contributed by atoms with Crippen molar-refractivity contribution < 1.29 is 4.73 Å². The highest BCUT2D eigenvalue weighted by atomic mass is 16.5. The number of aromatic nitrogens is 2. The summed E-state index contributed by atoms with van der Waals surface area (Å²) < 4.78 is 0.737. The number of nitrogens with two attached hydrogens (primary N) is 1. The number of hydrogen-bond acceptors (Lipinski definition) is 5. The molecule has 1 aromatic heterocycles. The zero-order valence-corrected chi connectivity index (χ0v) is 6.79. The van der Waals surface area contributed by atoms with Crippen LogP contribution in [0.15, 0.2) is 0 Å². The summed E-state index contributed by atoms with van der Waals surface area (Å²) in [6, 6.07) is 0. The molecule has 0 aromatic carbocycles. The highest BCUT2D eigenvalue weighted by Crippen LogP contribution is 2.17. The Morgan fingerprint density at radius 1 is 1.42 bits per heavy atom. The number of hydrogen-bond donors (Lipinski definition) is 3. The van der Waals surface area contributed by atoms with Crippen molar-refractivity contribution in [2.75, 3.05) is 30.5 Å². The van der Waals surface area contributed by atoms with Gasteiger partial charge in [-0.3, -0.25) is 10.0 Å². The Hall–Kier alpha value is -1.79. The molecule has 0 fully saturated rings. The Balaban J connectivity index is 3.32. The predicted octanol–water partition coefficient (Wildman–Crippen LogP) is -0.867. The predicted molar refractivity (Wildman–Crippen MR) is 45.7 cm³/mol. The molecule has 0 bridgehead atoms. The lowest BCUT2D eigenvalue weighted by atomic mass is 10.6. The van der Waals surface area contributed by atoms with Crippen LogP contribution in [0.1, 0.15) is 0 Å². The first kappa shape index (κ1) is 8.31. The third-order valence-electron chi connectivity index (χ3n) is 1.51. The maximum absolute atomic E-state index is 11.2. The van der Waals surface area contributed by atoms with Crippen LogP contribution >= 0.6 is 0 Å². The number of anilines is 3. The van der Waals surface area contributed by atoms with Gasteiger partial charge in [0.2, 0.25) is 11.6 Å². The molecule has 68 valence electrons. The van der Waals surface area contributed by atoms with Crippen LogP contribution in [-0.4, -0.2) is 18.8 Å². The SMILES string of the molecule is CNc1c(N)n([O-])c(NC)[n+]1[O-]. The molecule has 0 aliphatic carbocycles. The molecule has 0 spiro atoms. The van der Waals surface area contributed by atoms with Gasteiger partial charge in [-0.2, -0.15) is 0 Å². The van der Waals surface area contributed by atoms with Gasteiger partial charge in [0.25, 0.3) is 0 Å². The van der Waals surface area contributed by atoms with E-state index in [1.54, 1.807) is 0 Å². The highest BCUT2D eigenvalue weighted by molar-refractivity contribution is 5.57. The fourth-order valence-corrected chi connectivity index (χ4v) is 0.935. The minimum Gasteiger partial charge on any atom is -0.755 e. The maximum atomic E-state index is 11.2. The Labute approximate surface area is 68.9 Å². The Bertz CT molecular complexity index is 267. The fraction of sp³-hybridized carbons (Fsp3) is 0.400. The molecule has 0 amide bonds. The van der Waals surface area contributed by atoms with Gasteiger partial charge in [-0.25, -0.2) is 4.73 Å². The monoisotopic (exact) mass is 172 g/mol. The topological polar surface area (TPSA) is 105 Å². The summed E-state index contributed by atoms with van der Waals surface area (Å²) in [5.74, 6) is -0.233. The van der Waals surface area contributed by atoms with Crippen LogP contribution in [0.4, 0.5) is 17.6 Å². The number of nitrogen functional groups attached to an aromatic ring is 1. The van der Waals surface area contributed by atoms with E-state index in [1.165, 1.54) is 14.1 Å². The van der Waals surface area contributed by atoms with Crippen molar-refractivity contribution in [1.82, 2.24) is 4.73 Å². The summed E-state index contributed by atoms with van der Waals surface area (Å²) in [6.45, 7) is 0. The molecular weight excluding hydrogens is 162 g/mol. The Morgan fingerprint density at radius 3 is 2.25 bits per heavy atom. The molecule has 1 heterocycles. The van der Waals surface area contributed by atoms with Crippen molar-refractivity contribution in [3.8, 4) is 0 Å². The zero-order chi connectivity index (χ0) is 9.30. The second-order valence-corrected chi connectivity index (χ2v) is 2.15. The van der Waals surface area contributed by atoms with Gasteiger partial charge < -0.3 is 21.5 Å². The van der Waals surface area contributed by atoms with Crippen LogP contribution < -0.4 is 21.1 Å². The summed E-state index contributed by atoms with van der Waals surface area (Å²) in [7, 11) is 2.98. The molecule has 0 atom stereocenters. The van der Waals surface area contributed by atoms with E-state index in [0.717, 1.165) is 0 Å². The van der Waals surface area contributed by atoms with E-state index in [2.05, 4.69) is 10.6 Å². The van der Waals surface area contributed by atoms with Gasteiger partial charge >= 0.3 is 5.95 Å². The van der Waals surface area contributed by atoms with Crippen molar-refractivity contribution in [3.63, 3.8) is 0 Å². The van der Waals surface area contributed by atoms with Crippen LogP contribution in [0.3, 0.4) is 0 Å². The molecule has 0 radical (unpaired) electrons. The third-order valence-corrected chi connectivity index (χ3v) is 1.51. The first-order valence-electron chi connectivity index (χ1n) is 3.30. The average molecular weight is 172 g/mol. The van der Waals surface area contributed by atoms with Gasteiger partial charge in [0.15, 0.2) is 0 Å². The van der Waals surface area contributed by atoms with E-state index in [4.69, 9.17) is 5.73 Å². The second-order valence-electron chi connectivity index (χ2n) is 2.15. The van der Waals surface area contributed by atoms with Crippen LogP contribution in [0.5, 0.6) is 0 Å². The lowest BCUT2D eigenvalue weighted by molar-refractivity contribution is -0.573. The Morgan fingerprint density at radius 2 is 2.00 bits per heavy atom. The van der Waals surface area contributed by atoms with Gasteiger partial charge in [0.1, 0.15) is 0 Å². The average Bonchev–Trinajstić information content (AvgIpc) is 2.25. The quantitative estimate of drug-likeness (QED) is 0.397. The second kappa shape index (κ2) is 2.68. The lowest BCUT2D eigenvalue weighted by Gasteiger charge is -2.08. The summed E-state index contributed by atoms with van der Waals surface area (Å²) in [5.41, 5.74) is 5.32. The van der Waals surface area contributed by atoms with Crippen molar-refractivity contribution >= 4 is 17.6 Å². The molecule has 1 rings (SSSR count). The van der Waals surface area contributed by atoms with E-state index in [0.29, 0.717) is 9.46 Å². The van der Waals surface area contributed by atoms with Gasteiger partial charge in [-0.05, 0) is 0 Å². The van der Waals surface area contributed by atoms with Crippen LogP contribution in [0, 0.1) is 10.4 Å². The van der Waals surface area contributed by atoms with Crippen molar-refractivity contribution in [3.05, 3.63) is 10.4 Å². The molecule has 0 aliphatic heterocycles. The first-order chi connectivity index (χ1) is 5.63. The van der Waals surface area contributed by atoms with Gasteiger partial charge in [0, 0.05) is 14.1 Å². The number of nitrogens with one attached hydrogen (secondary N) is 2. The lowest BCUT2D eigenvalue weighted by Crippen LogP contribution is -2.31. The van der Waals surface area contributed by atoms with E-state index < -0.39 is 0 Å². The molecule has 0 aliphatic rings. The van der Waals surface area contributed by atoms with Crippen LogP contribution in [0.2, 0.25) is 0 Å². The van der Waals surface area contributed by atoms with E-state index in [-0.39, 0.29) is 17.6 Å². The first-order valence-corrected chi connectivity index (χ1v) is 3.30. The molecule has 1 aromatic rings. The summed E-state index contributed by atoms with van der Waals surface area (Å²) >= 11 is 0. The largest absolute Gasteiger partial charge is 0.755 e. The molecule has 0 saturated heterocycles. The number of nitrogens with zero attached hydrogens (tertiary/aromatic N) is 2. The Kier molecular flexibility index (Phi) is 1.86. The van der Waals surface area contributed by atoms with Crippen molar-refractivity contribution in [1.29, 1.82) is 0 Å². The summed E-state index contributed by atoms with van der Waals surface area (Å²) in [4.78, 5) is 0. The smallest absolute Gasteiger partial charge is 0.316 e. The zero-order valence-electron chi connectivity index (χ0n) is 6.79. The van der Waals surface area contributed by atoms with E-state index in [1.807, 2.05) is 0 Å². The molecule has 0 unspecified atom stereocenters. The van der Waals surface area contributed by atoms with Crippen molar-refractivity contribution in [2.45, 2.75) is 0 Å². The molecule has 7 nitrogen and oxygen atoms in total. The molecule has 7 heteroatoms. The molecule has 0 saturated carbocycles. The summed E-state index contributed by atoms with van der Waals surface area (Å²) in [6.07, 6.45) is 0. The number of rotatable bonds is 2. The maximum Gasteiger partial charge on any atom is 0.316 e. The molecular formula is C5H10N5O2-. The number of imidazole rings is 1. The van der Waals surface area contributed by atoms with Crippen molar-refractivity contribution in [2.24, 2.45) is 0 Å². The van der Waals surface area contributed by atoms with E-state index in [9.17, 15) is 10.4 Å². The van der Waals surface area contributed by atoms with Crippen LogP contribution in [0.25, 0.3) is 0 Å².